The smallest absolute Gasteiger partial charge is 0.293 e. The maximum absolute atomic E-state index is 11.6. The summed E-state index contributed by atoms with van der Waals surface area (Å²) in [6, 6.07) is 5.20. The lowest BCUT2D eigenvalue weighted by Gasteiger charge is -2.05. The Kier molecular flexibility index (Phi) is 3.39. The maximum Gasteiger partial charge on any atom is 0.293 e. The molecule has 0 aliphatic carbocycles. The zero-order valence-corrected chi connectivity index (χ0v) is 10.8. The van der Waals surface area contributed by atoms with Crippen LogP contribution in [0.15, 0.2) is 24.5 Å². The van der Waals surface area contributed by atoms with Crippen molar-refractivity contribution in [1.29, 1.82) is 0 Å². The van der Waals surface area contributed by atoms with E-state index in [-0.39, 0.29) is 11.7 Å². The highest BCUT2D eigenvalue weighted by molar-refractivity contribution is 14.1. The van der Waals surface area contributed by atoms with Gasteiger partial charge in [0.05, 0.1) is 5.69 Å². The highest BCUT2D eigenvalue weighted by Gasteiger charge is 2.10. The Labute approximate surface area is 110 Å². The molecule has 2 N–H and O–H groups in total. The van der Waals surface area contributed by atoms with E-state index in [4.69, 9.17) is 11.6 Å². The number of hydrogen-bond acceptors (Lipinski definition) is 3. The van der Waals surface area contributed by atoms with Crippen LogP contribution in [0.5, 0.6) is 0 Å². The minimum absolute atomic E-state index is 0.172. The molecule has 0 saturated heterocycles. The third kappa shape index (κ3) is 2.50. The highest BCUT2D eigenvalue weighted by atomic mass is 127. The SMILES string of the molecule is O=C(Nc1ccc(Cl)cc1I)c1ncn[nH]1. The average molecular weight is 349 g/mol. The lowest BCUT2D eigenvalue weighted by molar-refractivity contribution is 0.101. The fourth-order valence-electron chi connectivity index (χ4n) is 1.09. The van der Waals surface area contributed by atoms with Crippen LogP contribution in [0.3, 0.4) is 0 Å². The molecule has 0 saturated carbocycles. The summed E-state index contributed by atoms with van der Waals surface area (Å²) in [6.07, 6.45) is 1.28. The summed E-state index contributed by atoms with van der Waals surface area (Å²) in [5.74, 6) is -0.163. The van der Waals surface area contributed by atoms with Crippen LogP contribution in [0.2, 0.25) is 5.02 Å². The molecule has 2 rings (SSSR count). The van der Waals surface area contributed by atoms with Crippen LogP contribution in [-0.4, -0.2) is 21.1 Å². The first-order valence-electron chi connectivity index (χ1n) is 4.28. The Balaban J connectivity index is 2.18. The summed E-state index contributed by atoms with van der Waals surface area (Å²) in [5.41, 5.74) is 0.686. The number of hydrogen-bond donors (Lipinski definition) is 2. The van der Waals surface area contributed by atoms with Crippen LogP contribution in [0.25, 0.3) is 0 Å². The number of nitrogens with zero attached hydrogens (tertiary/aromatic N) is 2. The molecular formula is C9H6ClIN4O. The number of amides is 1. The summed E-state index contributed by atoms with van der Waals surface area (Å²) in [6.45, 7) is 0. The fourth-order valence-corrected chi connectivity index (χ4v) is 2.09. The Morgan fingerprint density at radius 1 is 1.50 bits per heavy atom. The molecule has 1 aromatic heterocycles. The summed E-state index contributed by atoms with van der Waals surface area (Å²) in [4.78, 5) is 15.4. The van der Waals surface area contributed by atoms with Crippen molar-refractivity contribution in [3.05, 3.63) is 38.9 Å². The van der Waals surface area contributed by atoms with Crippen LogP contribution in [0.4, 0.5) is 5.69 Å². The molecule has 16 heavy (non-hydrogen) atoms. The van der Waals surface area contributed by atoms with Crippen molar-refractivity contribution >= 4 is 45.8 Å². The average Bonchev–Trinajstić information content (AvgIpc) is 2.75. The number of H-pyrrole nitrogens is 1. The molecule has 1 amide bonds. The first kappa shape index (κ1) is 11.3. The van der Waals surface area contributed by atoms with Gasteiger partial charge in [0.1, 0.15) is 6.33 Å². The third-order valence-electron chi connectivity index (χ3n) is 1.81. The molecule has 0 atom stereocenters. The maximum atomic E-state index is 11.6. The van der Waals surface area contributed by atoms with Crippen LogP contribution in [0, 0.1) is 3.57 Å². The van der Waals surface area contributed by atoms with E-state index in [0.717, 1.165) is 3.57 Å². The molecule has 7 heteroatoms. The number of rotatable bonds is 2. The van der Waals surface area contributed by atoms with E-state index < -0.39 is 0 Å². The Hall–Kier alpha value is -1.15. The second-order valence-electron chi connectivity index (χ2n) is 2.91. The molecule has 1 aromatic carbocycles. The van der Waals surface area contributed by atoms with Crippen molar-refractivity contribution in [2.24, 2.45) is 0 Å². The van der Waals surface area contributed by atoms with Gasteiger partial charge in [0, 0.05) is 8.59 Å². The van der Waals surface area contributed by atoms with Crippen LogP contribution in [0.1, 0.15) is 10.6 Å². The van der Waals surface area contributed by atoms with Gasteiger partial charge in [-0.05, 0) is 40.8 Å². The molecule has 0 bridgehead atoms. The topological polar surface area (TPSA) is 70.7 Å². The van der Waals surface area contributed by atoms with Crippen molar-refractivity contribution in [3.63, 3.8) is 0 Å². The van der Waals surface area contributed by atoms with Gasteiger partial charge in [-0.15, -0.1) is 0 Å². The molecule has 0 spiro atoms. The monoisotopic (exact) mass is 348 g/mol. The minimum Gasteiger partial charge on any atom is -0.318 e. The molecular weight excluding hydrogens is 342 g/mol. The summed E-state index contributed by atoms with van der Waals surface area (Å²) >= 11 is 7.90. The fraction of sp³-hybridized carbons (Fsp3) is 0. The van der Waals surface area contributed by atoms with E-state index in [1.807, 2.05) is 0 Å². The molecule has 0 aliphatic rings. The van der Waals surface area contributed by atoms with Crippen LogP contribution < -0.4 is 5.32 Å². The van der Waals surface area contributed by atoms with Gasteiger partial charge in [-0.1, -0.05) is 11.6 Å². The van der Waals surface area contributed by atoms with Gasteiger partial charge in [-0.3, -0.25) is 9.89 Å². The predicted octanol–water partition coefficient (Wildman–Crippen LogP) is 2.31. The van der Waals surface area contributed by atoms with Gasteiger partial charge in [0.2, 0.25) is 5.82 Å². The predicted molar refractivity (Wildman–Crippen MR) is 68.5 cm³/mol. The first-order valence-corrected chi connectivity index (χ1v) is 5.74. The van der Waals surface area contributed by atoms with Crippen LogP contribution in [-0.2, 0) is 0 Å². The first-order chi connectivity index (χ1) is 7.66. The van der Waals surface area contributed by atoms with Crippen molar-refractivity contribution in [3.8, 4) is 0 Å². The van der Waals surface area contributed by atoms with Crippen molar-refractivity contribution in [1.82, 2.24) is 15.2 Å². The largest absolute Gasteiger partial charge is 0.318 e. The Bertz CT molecular complexity index is 514. The molecule has 0 radical (unpaired) electrons. The minimum atomic E-state index is -0.335. The molecule has 82 valence electrons. The Morgan fingerprint density at radius 2 is 2.31 bits per heavy atom. The number of aromatic nitrogens is 3. The summed E-state index contributed by atoms with van der Waals surface area (Å²) in [7, 11) is 0. The van der Waals surface area contributed by atoms with Gasteiger partial charge in [-0.2, -0.15) is 5.10 Å². The lowest BCUT2D eigenvalue weighted by Crippen LogP contribution is -2.14. The van der Waals surface area contributed by atoms with Gasteiger partial charge in [0.15, 0.2) is 0 Å². The number of anilines is 1. The van der Waals surface area contributed by atoms with E-state index in [0.29, 0.717) is 10.7 Å². The standard InChI is InChI=1S/C9H6ClIN4O/c10-5-1-2-7(6(11)3-5)14-9(16)8-12-4-13-15-8/h1-4H,(H,14,16)(H,12,13,15). The van der Waals surface area contributed by atoms with Crippen LogP contribution >= 0.6 is 34.2 Å². The summed E-state index contributed by atoms with van der Waals surface area (Å²) in [5, 5.41) is 9.42. The zero-order chi connectivity index (χ0) is 11.5. The van der Waals surface area contributed by atoms with Crippen molar-refractivity contribution in [2.45, 2.75) is 0 Å². The van der Waals surface area contributed by atoms with Crippen molar-refractivity contribution < 1.29 is 4.79 Å². The van der Waals surface area contributed by atoms with Gasteiger partial charge in [0.25, 0.3) is 5.91 Å². The molecule has 1 heterocycles. The molecule has 5 nitrogen and oxygen atoms in total. The van der Waals surface area contributed by atoms with E-state index in [2.05, 4.69) is 43.1 Å². The number of aromatic amines is 1. The van der Waals surface area contributed by atoms with E-state index >= 15 is 0 Å². The van der Waals surface area contributed by atoms with E-state index in [1.54, 1.807) is 18.2 Å². The normalized spacial score (nSPS) is 10.1. The highest BCUT2D eigenvalue weighted by Crippen LogP contribution is 2.22. The van der Waals surface area contributed by atoms with Crippen molar-refractivity contribution in [2.75, 3.05) is 5.32 Å². The number of carbonyl (C=O) groups is 1. The van der Waals surface area contributed by atoms with Gasteiger partial charge in [-0.25, -0.2) is 4.98 Å². The van der Waals surface area contributed by atoms with Gasteiger partial charge >= 0.3 is 0 Å². The second kappa shape index (κ2) is 4.79. The number of nitrogens with one attached hydrogen (secondary N) is 2. The Morgan fingerprint density at radius 3 is 2.94 bits per heavy atom. The van der Waals surface area contributed by atoms with Gasteiger partial charge < -0.3 is 5.32 Å². The quantitative estimate of drug-likeness (QED) is 0.818. The molecule has 0 unspecified atom stereocenters. The second-order valence-corrected chi connectivity index (χ2v) is 4.51. The third-order valence-corrected chi connectivity index (χ3v) is 2.94. The number of benzene rings is 1. The molecule has 0 aliphatic heterocycles. The number of halogens is 2. The van der Waals surface area contributed by atoms with E-state index in [9.17, 15) is 4.79 Å². The lowest BCUT2D eigenvalue weighted by atomic mass is 10.3. The molecule has 2 aromatic rings. The number of carbonyl (C=O) groups excluding carboxylic acids is 1. The zero-order valence-electron chi connectivity index (χ0n) is 7.87. The molecule has 0 fully saturated rings. The summed E-state index contributed by atoms with van der Waals surface area (Å²) < 4.78 is 0.859. The van der Waals surface area contributed by atoms with E-state index in [1.165, 1.54) is 6.33 Å².